The molecular weight excluding hydrogens is 432 g/mol. The van der Waals surface area contributed by atoms with Gasteiger partial charge in [-0.1, -0.05) is 101 Å². The van der Waals surface area contributed by atoms with Crippen molar-refractivity contribution in [2.45, 2.75) is 44.6 Å². The number of allylic oxidation sites excluding steroid dienone is 7. The summed E-state index contributed by atoms with van der Waals surface area (Å²) < 4.78 is 0. The molecule has 2 heterocycles. The van der Waals surface area contributed by atoms with E-state index in [-0.39, 0.29) is 30.1 Å². The molecule has 0 bridgehead atoms. The Bertz CT molecular complexity index is 1160. The number of β-amino-alcohol motifs (C(OH)–C–C–N with tert-alkyl or cyclic N) is 2. The van der Waals surface area contributed by atoms with E-state index in [1.54, 1.807) is 0 Å². The largest absolute Gasteiger partial charge is 0.395 e. The highest BCUT2D eigenvalue weighted by Gasteiger charge is 2.42. The van der Waals surface area contributed by atoms with Crippen LogP contribution in [-0.2, 0) is 10.8 Å². The first-order chi connectivity index (χ1) is 16.8. The normalized spacial score (nSPS) is 21.7. The van der Waals surface area contributed by atoms with Gasteiger partial charge in [0, 0.05) is 41.0 Å². The maximum atomic E-state index is 9.63. The molecule has 2 aromatic carbocycles. The molecule has 0 saturated heterocycles. The summed E-state index contributed by atoms with van der Waals surface area (Å²) in [7, 11) is 0. The number of hydrogen-bond donors (Lipinski definition) is 2. The Labute approximate surface area is 210 Å². The van der Waals surface area contributed by atoms with Gasteiger partial charge in [-0.2, -0.15) is 0 Å². The minimum absolute atomic E-state index is 0.0322. The number of para-hydroxylation sites is 2. The molecule has 0 radical (unpaired) electrons. The molecule has 1 unspecified atom stereocenters. The summed E-state index contributed by atoms with van der Waals surface area (Å²) in [5, 5.41) is 19.3. The van der Waals surface area contributed by atoms with Crippen molar-refractivity contribution in [2.24, 2.45) is 0 Å². The molecule has 0 amide bonds. The first-order valence-electron chi connectivity index (χ1n) is 12.5. The Morgan fingerprint density at radius 1 is 0.743 bits per heavy atom. The number of rotatable bonds is 8. The van der Waals surface area contributed by atoms with Gasteiger partial charge in [-0.05, 0) is 29.3 Å². The number of hydrogen-bond acceptors (Lipinski definition) is 4. The van der Waals surface area contributed by atoms with Crippen LogP contribution in [0.3, 0.4) is 0 Å². The Kier molecular flexibility index (Phi) is 7.34. The van der Waals surface area contributed by atoms with Crippen molar-refractivity contribution in [3.8, 4) is 0 Å². The Hall–Kier alpha value is -3.08. The van der Waals surface area contributed by atoms with Crippen molar-refractivity contribution < 1.29 is 10.2 Å². The average Bonchev–Trinajstić information content (AvgIpc) is 3.19. The van der Waals surface area contributed by atoms with Crippen LogP contribution < -0.4 is 9.80 Å². The minimum Gasteiger partial charge on any atom is -0.395 e. The molecule has 0 aliphatic carbocycles. The number of nitrogens with zero attached hydrogens (tertiary/aromatic N) is 2. The zero-order chi connectivity index (χ0) is 25.1. The van der Waals surface area contributed by atoms with Gasteiger partial charge in [-0.15, -0.1) is 0 Å². The molecule has 184 valence electrons. The van der Waals surface area contributed by atoms with Gasteiger partial charge in [0.1, 0.15) is 0 Å². The highest BCUT2D eigenvalue weighted by Crippen LogP contribution is 2.47. The first-order valence-corrected chi connectivity index (χ1v) is 12.5. The summed E-state index contributed by atoms with van der Waals surface area (Å²) in [6.45, 7) is 10.5. The van der Waals surface area contributed by atoms with E-state index >= 15 is 0 Å². The highest BCUT2D eigenvalue weighted by atomic mass is 16.3. The van der Waals surface area contributed by atoms with Crippen LogP contribution in [0.25, 0.3) is 0 Å². The standard InChI is InChI=1S/C31H38N2O2/c1-30(2)24-14-10-12-16-26(24)32(20-22-34)28(30)18-8-6-5-7-9-19-29-31(3,4)25-15-11-13-17-27(25)33(29)21-23-35/h5-19,28,34-35H,20-23H2,1-4H3/b6-5+,9-7+,18-8+,29-19-. The zero-order valence-electron chi connectivity index (χ0n) is 21.4. The van der Waals surface area contributed by atoms with E-state index < -0.39 is 0 Å². The Morgan fingerprint density at radius 2 is 1.34 bits per heavy atom. The van der Waals surface area contributed by atoms with E-state index in [9.17, 15) is 10.2 Å². The van der Waals surface area contributed by atoms with Crippen molar-refractivity contribution in [3.05, 3.63) is 108 Å². The minimum atomic E-state index is -0.112. The number of anilines is 2. The molecule has 0 spiro atoms. The van der Waals surface area contributed by atoms with Crippen LogP contribution in [0.15, 0.2) is 96.8 Å². The van der Waals surface area contributed by atoms with Gasteiger partial charge in [-0.3, -0.25) is 0 Å². The summed E-state index contributed by atoms with van der Waals surface area (Å²) in [4.78, 5) is 4.52. The topological polar surface area (TPSA) is 46.9 Å². The molecule has 35 heavy (non-hydrogen) atoms. The first kappa shape index (κ1) is 25.0. The van der Waals surface area contributed by atoms with E-state index in [2.05, 4.69) is 116 Å². The van der Waals surface area contributed by atoms with Gasteiger partial charge in [0.15, 0.2) is 0 Å². The molecule has 1 atom stereocenters. The van der Waals surface area contributed by atoms with Crippen molar-refractivity contribution in [3.63, 3.8) is 0 Å². The summed E-state index contributed by atoms with van der Waals surface area (Å²) in [6, 6.07) is 17.1. The van der Waals surface area contributed by atoms with Gasteiger partial charge in [0.2, 0.25) is 0 Å². The molecule has 0 aromatic heterocycles. The monoisotopic (exact) mass is 470 g/mol. The lowest BCUT2D eigenvalue weighted by atomic mass is 9.80. The third-order valence-electron chi connectivity index (χ3n) is 7.44. The number of fused-ring (bicyclic) bond motifs is 2. The van der Waals surface area contributed by atoms with E-state index in [0.717, 1.165) is 0 Å². The Balaban J connectivity index is 1.48. The van der Waals surface area contributed by atoms with E-state index in [1.807, 2.05) is 12.2 Å². The number of aliphatic hydroxyl groups is 2. The summed E-state index contributed by atoms with van der Waals surface area (Å²) >= 11 is 0. The maximum absolute atomic E-state index is 9.63. The fraction of sp³-hybridized carbons (Fsp3) is 0.355. The van der Waals surface area contributed by atoms with Crippen LogP contribution in [0.1, 0.15) is 38.8 Å². The van der Waals surface area contributed by atoms with Crippen molar-refractivity contribution in [2.75, 3.05) is 36.1 Å². The van der Waals surface area contributed by atoms with Crippen molar-refractivity contribution in [1.29, 1.82) is 0 Å². The fourth-order valence-corrected chi connectivity index (χ4v) is 5.67. The summed E-state index contributed by atoms with van der Waals surface area (Å²) in [6.07, 6.45) is 14.7. The van der Waals surface area contributed by atoms with Gasteiger partial charge < -0.3 is 20.0 Å². The van der Waals surface area contributed by atoms with Crippen LogP contribution in [-0.4, -0.2) is 42.6 Å². The molecule has 2 N–H and O–H groups in total. The van der Waals surface area contributed by atoms with E-state index in [1.165, 1.54) is 28.2 Å². The molecule has 0 fully saturated rings. The summed E-state index contributed by atoms with van der Waals surface area (Å²) in [5.41, 5.74) is 6.05. The lowest BCUT2D eigenvalue weighted by Crippen LogP contribution is -2.41. The molecule has 4 nitrogen and oxygen atoms in total. The molecule has 4 heteroatoms. The molecule has 0 saturated carbocycles. The van der Waals surface area contributed by atoms with Gasteiger partial charge in [0.05, 0.1) is 19.3 Å². The second-order valence-electron chi connectivity index (χ2n) is 10.3. The predicted molar refractivity (Wildman–Crippen MR) is 147 cm³/mol. The van der Waals surface area contributed by atoms with Crippen LogP contribution >= 0.6 is 0 Å². The third-order valence-corrected chi connectivity index (χ3v) is 7.44. The maximum Gasteiger partial charge on any atom is 0.0610 e. The smallest absolute Gasteiger partial charge is 0.0610 e. The quantitative estimate of drug-likeness (QED) is 0.501. The van der Waals surface area contributed by atoms with Crippen LogP contribution in [0.2, 0.25) is 0 Å². The van der Waals surface area contributed by atoms with Gasteiger partial charge in [-0.25, -0.2) is 0 Å². The second-order valence-corrected chi connectivity index (χ2v) is 10.3. The Morgan fingerprint density at radius 3 is 2.06 bits per heavy atom. The SMILES string of the molecule is CC1(C)/C(=C/C=C/C=C/C=C/C2N(CCO)c3ccccc3C2(C)C)N(CCO)c2ccccc21. The highest BCUT2D eigenvalue weighted by molar-refractivity contribution is 5.70. The predicted octanol–water partition coefficient (Wildman–Crippen LogP) is 5.49. The number of aliphatic hydroxyl groups excluding tert-OH is 2. The second kappa shape index (κ2) is 10.3. The van der Waals surface area contributed by atoms with Crippen LogP contribution in [0, 0.1) is 0 Å². The molecule has 2 aliphatic heterocycles. The van der Waals surface area contributed by atoms with Gasteiger partial charge >= 0.3 is 0 Å². The third kappa shape index (κ3) is 4.61. The van der Waals surface area contributed by atoms with Crippen molar-refractivity contribution >= 4 is 11.4 Å². The molecule has 2 aliphatic rings. The van der Waals surface area contributed by atoms with E-state index in [4.69, 9.17) is 0 Å². The van der Waals surface area contributed by atoms with Crippen LogP contribution in [0.4, 0.5) is 11.4 Å². The fourth-order valence-electron chi connectivity index (χ4n) is 5.67. The molecular formula is C31H38N2O2. The van der Waals surface area contributed by atoms with Gasteiger partial charge in [0.25, 0.3) is 0 Å². The molecule has 2 aromatic rings. The van der Waals surface area contributed by atoms with Crippen molar-refractivity contribution in [1.82, 2.24) is 0 Å². The summed E-state index contributed by atoms with van der Waals surface area (Å²) in [5.74, 6) is 0. The zero-order valence-corrected chi connectivity index (χ0v) is 21.4. The number of benzene rings is 2. The van der Waals surface area contributed by atoms with E-state index in [0.29, 0.717) is 13.1 Å². The lowest BCUT2D eigenvalue weighted by Gasteiger charge is -2.32. The molecule has 4 rings (SSSR count). The van der Waals surface area contributed by atoms with Crippen LogP contribution in [0.5, 0.6) is 0 Å². The average molecular weight is 471 g/mol. The lowest BCUT2D eigenvalue weighted by molar-refractivity contribution is 0.296.